The number of carbonyl (C=O) groups is 1. The number of amides is 1. The number of benzene rings is 1. The average molecular weight is 320 g/mol. The molecule has 0 saturated carbocycles. The van der Waals surface area contributed by atoms with Gasteiger partial charge in [-0.1, -0.05) is 18.2 Å². The minimum atomic E-state index is 0.172. The summed E-state index contributed by atoms with van der Waals surface area (Å²) >= 11 is 0. The van der Waals surface area contributed by atoms with Gasteiger partial charge in [0.1, 0.15) is 5.75 Å². The first-order chi connectivity index (χ1) is 11.1. The molecule has 1 aliphatic rings. The predicted octanol–water partition coefficient (Wildman–Crippen LogP) is 2.02. The van der Waals surface area contributed by atoms with Gasteiger partial charge in [0, 0.05) is 38.8 Å². The minimum Gasteiger partial charge on any atom is -0.493 e. The van der Waals surface area contributed by atoms with Crippen LogP contribution in [-0.2, 0) is 9.53 Å². The van der Waals surface area contributed by atoms with Crippen LogP contribution in [0.5, 0.6) is 5.75 Å². The van der Waals surface area contributed by atoms with E-state index in [4.69, 9.17) is 9.47 Å². The van der Waals surface area contributed by atoms with Crippen molar-refractivity contribution in [3.05, 3.63) is 30.3 Å². The zero-order valence-electron chi connectivity index (χ0n) is 14.4. The average Bonchev–Trinajstić information content (AvgIpc) is 2.55. The molecule has 1 aromatic carbocycles. The van der Waals surface area contributed by atoms with E-state index in [0.29, 0.717) is 25.1 Å². The molecule has 1 heterocycles. The lowest BCUT2D eigenvalue weighted by Gasteiger charge is -2.44. The smallest absolute Gasteiger partial charge is 0.226 e. The Bertz CT molecular complexity index is 468. The Kier molecular flexibility index (Phi) is 6.86. The Morgan fingerprint density at radius 2 is 1.78 bits per heavy atom. The number of carbonyl (C=O) groups excluding carboxylic acids is 1. The highest BCUT2D eigenvalue weighted by atomic mass is 16.5. The molecule has 0 aromatic heterocycles. The van der Waals surface area contributed by atoms with E-state index in [1.54, 1.807) is 7.11 Å². The van der Waals surface area contributed by atoms with Crippen LogP contribution in [0.4, 0.5) is 0 Å². The molecule has 1 aliphatic heterocycles. The molecule has 23 heavy (non-hydrogen) atoms. The van der Waals surface area contributed by atoms with Gasteiger partial charge in [0.25, 0.3) is 0 Å². The molecule has 2 atom stereocenters. The predicted molar refractivity (Wildman–Crippen MR) is 90.6 cm³/mol. The van der Waals surface area contributed by atoms with Gasteiger partial charge in [-0.3, -0.25) is 9.69 Å². The first kappa shape index (κ1) is 17.8. The van der Waals surface area contributed by atoms with Crippen molar-refractivity contribution in [3.63, 3.8) is 0 Å². The number of hydrogen-bond donors (Lipinski definition) is 0. The number of para-hydroxylation sites is 1. The zero-order valence-corrected chi connectivity index (χ0v) is 14.4. The summed E-state index contributed by atoms with van der Waals surface area (Å²) in [5.41, 5.74) is 0. The Morgan fingerprint density at radius 3 is 2.39 bits per heavy atom. The Balaban J connectivity index is 1.77. The van der Waals surface area contributed by atoms with E-state index in [9.17, 15) is 4.79 Å². The lowest BCUT2D eigenvalue weighted by atomic mass is 10.1. The molecular weight excluding hydrogens is 292 g/mol. The maximum absolute atomic E-state index is 12.4. The number of nitrogens with zero attached hydrogens (tertiary/aromatic N) is 2. The van der Waals surface area contributed by atoms with Gasteiger partial charge >= 0.3 is 0 Å². The normalized spacial score (nSPS) is 22.1. The molecule has 0 N–H and O–H groups in total. The van der Waals surface area contributed by atoms with Gasteiger partial charge in [-0.05, 0) is 26.0 Å². The Labute approximate surface area is 139 Å². The van der Waals surface area contributed by atoms with Gasteiger partial charge in [0.05, 0.1) is 19.6 Å². The zero-order chi connectivity index (χ0) is 16.7. The second-order valence-electron chi connectivity index (χ2n) is 6.14. The van der Waals surface area contributed by atoms with E-state index in [1.165, 1.54) is 0 Å². The maximum Gasteiger partial charge on any atom is 0.226 e. The molecule has 0 aliphatic carbocycles. The molecule has 1 aromatic rings. The van der Waals surface area contributed by atoms with Crippen LogP contribution in [0.2, 0.25) is 0 Å². The summed E-state index contributed by atoms with van der Waals surface area (Å²) in [4.78, 5) is 16.8. The van der Waals surface area contributed by atoms with Crippen molar-refractivity contribution < 1.29 is 14.3 Å². The van der Waals surface area contributed by atoms with Crippen LogP contribution < -0.4 is 4.74 Å². The summed E-state index contributed by atoms with van der Waals surface area (Å²) in [6.07, 6.45) is 0.423. The van der Waals surface area contributed by atoms with Crippen LogP contribution in [0, 0.1) is 0 Å². The van der Waals surface area contributed by atoms with Gasteiger partial charge in [-0.15, -0.1) is 0 Å². The second-order valence-corrected chi connectivity index (χ2v) is 6.14. The molecule has 0 spiro atoms. The summed E-state index contributed by atoms with van der Waals surface area (Å²) in [5, 5.41) is 0. The lowest BCUT2D eigenvalue weighted by Crippen LogP contribution is -2.58. The molecule has 2 unspecified atom stereocenters. The van der Waals surface area contributed by atoms with Crippen LogP contribution in [0.25, 0.3) is 0 Å². The molecular formula is C18H28N2O3. The number of methoxy groups -OCH3 is 1. The molecule has 1 amide bonds. The van der Waals surface area contributed by atoms with Gasteiger partial charge in [-0.25, -0.2) is 0 Å². The summed E-state index contributed by atoms with van der Waals surface area (Å²) in [6, 6.07) is 10.3. The van der Waals surface area contributed by atoms with Crippen molar-refractivity contribution in [1.29, 1.82) is 0 Å². The van der Waals surface area contributed by atoms with Crippen molar-refractivity contribution in [2.75, 3.05) is 40.0 Å². The Hall–Kier alpha value is -1.59. The van der Waals surface area contributed by atoms with Crippen LogP contribution in [0.3, 0.4) is 0 Å². The fourth-order valence-electron chi connectivity index (χ4n) is 3.13. The highest BCUT2D eigenvalue weighted by Crippen LogP contribution is 2.16. The number of ether oxygens (including phenoxy) is 2. The summed E-state index contributed by atoms with van der Waals surface area (Å²) in [6.45, 7) is 7.97. The van der Waals surface area contributed by atoms with Gasteiger partial charge < -0.3 is 14.4 Å². The molecule has 5 heteroatoms. The third-order valence-corrected chi connectivity index (χ3v) is 4.34. The number of hydrogen-bond acceptors (Lipinski definition) is 4. The third kappa shape index (κ3) is 5.22. The van der Waals surface area contributed by atoms with Crippen molar-refractivity contribution >= 4 is 5.91 Å². The van der Waals surface area contributed by atoms with Crippen LogP contribution in [-0.4, -0.2) is 67.7 Å². The van der Waals surface area contributed by atoms with Crippen molar-refractivity contribution in [2.45, 2.75) is 32.4 Å². The van der Waals surface area contributed by atoms with Crippen LogP contribution >= 0.6 is 0 Å². The molecule has 128 valence electrons. The molecule has 1 fully saturated rings. The van der Waals surface area contributed by atoms with E-state index in [2.05, 4.69) is 18.7 Å². The fraction of sp³-hybridized carbons (Fsp3) is 0.611. The molecule has 0 radical (unpaired) electrons. The van der Waals surface area contributed by atoms with E-state index in [-0.39, 0.29) is 5.91 Å². The first-order valence-electron chi connectivity index (χ1n) is 8.32. The van der Waals surface area contributed by atoms with Crippen LogP contribution in [0.15, 0.2) is 30.3 Å². The van der Waals surface area contributed by atoms with Crippen molar-refractivity contribution in [1.82, 2.24) is 9.80 Å². The van der Waals surface area contributed by atoms with Crippen molar-refractivity contribution in [3.8, 4) is 5.75 Å². The highest BCUT2D eigenvalue weighted by molar-refractivity contribution is 5.76. The molecule has 1 saturated heterocycles. The van der Waals surface area contributed by atoms with Crippen LogP contribution in [0.1, 0.15) is 20.3 Å². The van der Waals surface area contributed by atoms with Gasteiger partial charge in [-0.2, -0.15) is 0 Å². The monoisotopic (exact) mass is 320 g/mol. The van der Waals surface area contributed by atoms with E-state index < -0.39 is 0 Å². The maximum atomic E-state index is 12.4. The first-order valence-corrected chi connectivity index (χ1v) is 8.32. The summed E-state index contributed by atoms with van der Waals surface area (Å²) < 4.78 is 10.8. The largest absolute Gasteiger partial charge is 0.493 e. The standard InChI is InChI=1S/C18H28N2O3/c1-15-13-19(14-16(2)20(15)10-12-22-3)18(21)9-11-23-17-7-5-4-6-8-17/h4-8,15-16H,9-14H2,1-3H3. The van der Waals surface area contributed by atoms with E-state index in [1.807, 2.05) is 35.2 Å². The highest BCUT2D eigenvalue weighted by Gasteiger charge is 2.31. The summed E-state index contributed by atoms with van der Waals surface area (Å²) in [7, 11) is 1.72. The number of piperazine rings is 1. The SMILES string of the molecule is COCCN1C(C)CN(C(=O)CCOc2ccccc2)CC1C. The second kappa shape index (κ2) is 8.89. The van der Waals surface area contributed by atoms with Gasteiger partial charge in [0.2, 0.25) is 5.91 Å². The minimum absolute atomic E-state index is 0.172. The molecule has 2 rings (SSSR count). The number of rotatable bonds is 7. The summed E-state index contributed by atoms with van der Waals surface area (Å²) in [5.74, 6) is 0.984. The fourth-order valence-corrected chi connectivity index (χ4v) is 3.13. The molecule has 5 nitrogen and oxygen atoms in total. The third-order valence-electron chi connectivity index (χ3n) is 4.34. The van der Waals surface area contributed by atoms with E-state index >= 15 is 0 Å². The van der Waals surface area contributed by atoms with E-state index in [0.717, 1.165) is 32.0 Å². The quantitative estimate of drug-likeness (QED) is 0.771. The Morgan fingerprint density at radius 1 is 1.13 bits per heavy atom. The molecule has 0 bridgehead atoms. The topological polar surface area (TPSA) is 42.0 Å². The van der Waals surface area contributed by atoms with Crippen molar-refractivity contribution in [2.24, 2.45) is 0 Å². The van der Waals surface area contributed by atoms with Gasteiger partial charge in [0.15, 0.2) is 0 Å². The lowest BCUT2D eigenvalue weighted by molar-refractivity contribution is -0.136.